The number of para-hydroxylation sites is 1. The minimum absolute atomic E-state index is 0.160. The predicted octanol–water partition coefficient (Wildman–Crippen LogP) is 4.39. The Labute approximate surface area is 261 Å². The lowest BCUT2D eigenvalue weighted by Crippen LogP contribution is -2.60. The molecule has 3 saturated heterocycles. The molecule has 3 fully saturated rings. The summed E-state index contributed by atoms with van der Waals surface area (Å²) < 4.78 is 7.02. The van der Waals surface area contributed by atoms with E-state index in [2.05, 4.69) is 13.2 Å². The Balaban J connectivity index is 1.64. The number of anilines is 1. The molecule has 8 nitrogen and oxygen atoms in total. The van der Waals surface area contributed by atoms with Crippen molar-refractivity contribution in [1.82, 2.24) is 9.80 Å². The molecule has 3 amide bonds. The number of rotatable bonds is 13. The Morgan fingerprint density at radius 1 is 1.02 bits per heavy atom. The largest absolute Gasteiger partial charge is 0.394 e. The van der Waals surface area contributed by atoms with Gasteiger partial charge in [0.15, 0.2) is 0 Å². The van der Waals surface area contributed by atoms with Crippen molar-refractivity contribution in [3.8, 4) is 0 Å². The molecule has 3 aliphatic rings. The molecule has 2 aromatic rings. The van der Waals surface area contributed by atoms with Gasteiger partial charge in [-0.25, -0.2) is 0 Å². The summed E-state index contributed by atoms with van der Waals surface area (Å²) in [6.45, 7) is 13.9. The molecular formula is C36H45N3O5. The third-order valence-corrected chi connectivity index (χ3v) is 9.91. The van der Waals surface area contributed by atoms with E-state index < -0.39 is 35.1 Å². The molecule has 8 heteroatoms. The highest BCUT2D eigenvalue weighted by Crippen LogP contribution is 2.65. The van der Waals surface area contributed by atoms with E-state index >= 15 is 0 Å². The number of ether oxygens (including phenoxy) is 1. The number of hydrogen-bond donors (Lipinski definition) is 1. The Morgan fingerprint density at radius 3 is 2.23 bits per heavy atom. The van der Waals surface area contributed by atoms with E-state index in [1.807, 2.05) is 81.4 Å². The highest BCUT2D eigenvalue weighted by Gasteiger charge is 2.79. The van der Waals surface area contributed by atoms with E-state index in [1.165, 1.54) is 0 Å². The summed E-state index contributed by atoms with van der Waals surface area (Å²) in [4.78, 5) is 49.2. The molecular weight excluding hydrogens is 554 g/mol. The van der Waals surface area contributed by atoms with Gasteiger partial charge in [0, 0.05) is 24.8 Å². The smallest absolute Gasteiger partial charge is 0.248 e. The maximum atomic E-state index is 14.9. The summed E-state index contributed by atoms with van der Waals surface area (Å²) in [5.74, 6) is -2.41. The molecule has 0 aromatic heterocycles. The van der Waals surface area contributed by atoms with Crippen molar-refractivity contribution in [2.24, 2.45) is 11.8 Å². The van der Waals surface area contributed by atoms with Crippen LogP contribution in [0.25, 0.3) is 0 Å². The number of carbonyl (C=O) groups excluding carboxylic acids is 3. The highest BCUT2D eigenvalue weighted by atomic mass is 16.5. The first-order valence-electron chi connectivity index (χ1n) is 15.8. The predicted molar refractivity (Wildman–Crippen MR) is 171 cm³/mol. The molecule has 0 saturated carbocycles. The number of benzene rings is 2. The zero-order valence-corrected chi connectivity index (χ0v) is 26.1. The van der Waals surface area contributed by atoms with E-state index in [1.54, 1.807) is 26.9 Å². The van der Waals surface area contributed by atoms with Gasteiger partial charge in [-0.1, -0.05) is 67.6 Å². The van der Waals surface area contributed by atoms with E-state index in [0.29, 0.717) is 37.9 Å². The molecule has 1 N–H and O–H groups in total. The van der Waals surface area contributed by atoms with E-state index in [9.17, 15) is 19.5 Å². The van der Waals surface area contributed by atoms with Gasteiger partial charge < -0.3 is 24.5 Å². The van der Waals surface area contributed by atoms with Crippen molar-refractivity contribution in [2.45, 2.75) is 75.8 Å². The minimum Gasteiger partial charge on any atom is -0.394 e. The maximum absolute atomic E-state index is 14.9. The lowest BCUT2D eigenvalue weighted by molar-refractivity contribution is -0.156. The van der Waals surface area contributed by atoms with Crippen LogP contribution >= 0.6 is 0 Å². The number of likely N-dealkylation sites (tertiary alicyclic amines) is 1. The Kier molecular flexibility index (Phi) is 9.14. The maximum Gasteiger partial charge on any atom is 0.248 e. The van der Waals surface area contributed by atoms with Gasteiger partial charge in [0.1, 0.15) is 11.6 Å². The number of carbonyl (C=O) groups is 3. The van der Waals surface area contributed by atoms with Gasteiger partial charge in [0.25, 0.3) is 0 Å². The summed E-state index contributed by atoms with van der Waals surface area (Å²) in [7, 11) is 0. The Morgan fingerprint density at radius 2 is 1.66 bits per heavy atom. The van der Waals surface area contributed by atoms with Crippen LogP contribution in [0.2, 0.25) is 0 Å². The van der Waals surface area contributed by atoms with Crippen molar-refractivity contribution in [2.75, 3.05) is 24.6 Å². The third-order valence-electron chi connectivity index (χ3n) is 9.91. The van der Waals surface area contributed by atoms with Crippen LogP contribution in [0.15, 0.2) is 86.0 Å². The first-order valence-corrected chi connectivity index (χ1v) is 15.8. The van der Waals surface area contributed by atoms with Crippen LogP contribution in [0.5, 0.6) is 0 Å². The van der Waals surface area contributed by atoms with Crippen LogP contribution in [0.3, 0.4) is 0 Å². The van der Waals surface area contributed by atoms with Gasteiger partial charge in [-0.15, -0.1) is 13.2 Å². The molecule has 6 atom stereocenters. The van der Waals surface area contributed by atoms with Crippen molar-refractivity contribution in [3.63, 3.8) is 0 Å². The molecule has 44 heavy (non-hydrogen) atoms. The quantitative estimate of drug-likeness (QED) is 0.345. The summed E-state index contributed by atoms with van der Waals surface area (Å²) >= 11 is 0. The third kappa shape index (κ3) is 5.08. The van der Waals surface area contributed by atoms with Gasteiger partial charge in [-0.2, -0.15) is 0 Å². The summed E-state index contributed by atoms with van der Waals surface area (Å²) in [6.07, 6.45) is 5.29. The molecule has 1 spiro atoms. The topological polar surface area (TPSA) is 90.4 Å². The number of nitrogens with zero attached hydrogens (tertiary/aromatic N) is 3. The van der Waals surface area contributed by atoms with E-state index in [4.69, 9.17) is 4.74 Å². The zero-order chi connectivity index (χ0) is 31.6. The molecule has 5 rings (SSSR count). The summed E-state index contributed by atoms with van der Waals surface area (Å²) in [5.41, 5.74) is -0.425. The lowest BCUT2D eigenvalue weighted by atomic mass is 9.64. The number of aliphatic hydroxyl groups excluding tert-OH is 1. The minimum atomic E-state index is -1.19. The van der Waals surface area contributed by atoms with Crippen molar-refractivity contribution >= 4 is 23.4 Å². The zero-order valence-electron chi connectivity index (χ0n) is 26.1. The van der Waals surface area contributed by atoms with Crippen molar-refractivity contribution in [3.05, 3.63) is 91.5 Å². The second-order valence-corrected chi connectivity index (χ2v) is 12.6. The van der Waals surface area contributed by atoms with Gasteiger partial charge >= 0.3 is 0 Å². The molecule has 3 aliphatic heterocycles. The fourth-order valence-electron chi connectivity index (χ4n) is 7.92. The second kappa shape index (κ2) is 12.7. The van der Waals surface area contributed by atoms with Crippen LogP contribution in [0.1, 0.15) is 45.6 Å². The molecule has 2 aromatic carbocycles. The number of fused-ring (bicyclic) bond motifs is 1. The van der Waals surface area contributed by atoms with E-state index in [-0.39, 0.29) is 36.9 Å². The molecule has 2 bridgehead atoms. The SMILES string of the molecule is C=CCN(C(=O)[C@@H]1[C@H]2C(=O)N([C@@H](CO)Cc3ccccc3)C(C(=O)N(CC=C)C(C)C)C23CC[C@@]1(CC)O3)c1ccccc1. The lowest BCUT2D eigenvalue weighted by Gasteiger charge is -2.40. The molecule has 0 aliphatic carbocycles. The monoisotopic (exact) mass is 599 g/mol. The molecule has 3 heterocycles. The summed E-state index contributed by atoms with van der Waals surface area (Å²) in [6, 6.07) is 17.2. The van der Waals surface area contributed by atoms with Crippen LogP contribution in [0, 0.1) is 11.8 Å². The van der Waals surface area contributed by atoms with Crippen LogP contribution in [-0.4, -0.2) is 81.7 Å². The van der Waals surface area contributed by atoms with Crippen LogP contribution < -0.4 is 4.90 Å². The normalized spacial score (nSPS) is 27.7. The van der Waals surface area contributed by atoms with Gasteiger partial charge in [0.2, 0.25) is 17.7 Å². The molecule has 2 unspecified atom stereocenters. The number of aliphatic hydroxyl groups is 1. The average Bonchev–Trinajstić information content (AvgIpc) is 3.65. The van der Waals surface area contributed by atoms with Gasteiger partial charge in [-0.3, -0.25) is 14.4 Å². The van der Waals surface area contributed by atoms with Gasteiger partial charge in [-0.05, 0) is 57.2 Å². The first kappa shape index (κ1) is 31.7. The Hall–Kier alpha value is -3.75. The fourth-order valence-corrected chi connectivity index (χ4v) is 7.92. The van der Waals surface area contributed by atoms with Crippen LogP contribution in [-0.2, 0) is 25.5 Å². The van der Waals surface area contributed by atoms with Crippen molar-refractivity contribution < 1.29 is 24.2 Å². The standard InChI is InChI=1S/C36H45N3O5/c1-6-21-37(25(4)5)34(43)31-36-20-19-35(8-3,44-36)29(32(41)38(22-7-2)27-17-13-10-14-18-27)30(36)33(42)39(31)28(24-40)23-26-15-11-9-12-16-26/h6-7,9-18,25,28-31,40H,1-2,8,19-24H2,3-5H3/t28-,29+,30+,31?,35-,36?/m1/s1. The van der Waals surface area contributed by atoms with Crippen LogP contribution in [0.4, 0.5) is 5.69 Å². The Bertz CT molecular complexity index is 1380. The first-order chi connectivity index (χ1) is 21.2. The fraction of sp³-hybridized carbons (Fsp3) is 0.472. The van der Waals surface area contributed by atoms with Crippen molar-refractivity contribution in [1.29, 1.82) is 0 Å². The van der Waals surface area contributed by atoms with Gasteiger partial charge in [0.05, 0.1) is 30.1 Å². The summed E-state index contributed by atoms with van der Waals surface area (Å²) in [5, 5.41) is 10.8. The number of amides is 3. The number of hydrogen-bond acceptors (Lipinski definition) is 5. The highest BCUT2D eigenvalue weighted by molar-refractivity contribution is 6.03. The second-order valence-electron chi connectivity index (χ2n) is 12.6. The van der Waals surface area contributed by atoms with E-state index in [0.717, 1.165) is 5.56 Å². The molecule has 234 valence electrons. The average molecular weight is 600 g/mol. The molecule has 0 radical (unpaired) electrons.